The number of carboxylic acids is 1. The van der Waals surface area contributed by atoms with Crippen LogP contribution in [0.1, 0.15) is 56.2 Å². The van der Waals surface area contributed by atoms with Crippen molar-refractivity contribution in [1.82, 2.24) is 15.0 Å². The molecule has 0 aliphatic carbocycles. The summed E-state index contributed by atoms with van der Waals surface area (Å²) in [4.78, 5) is 11.2. The van der Waals surface area contributed by atoms with Gasteiger partial charge in [0.2, 0.25) is 0 Å². The Bertz CT molecular complexity index is 456. The molecular formula is C13H21N3O3. The summed E-state index contributed by atoms with van der Waals surface area (Å²) >= 11 is 0. The Balaban J connectivity index is 2.17. The molecule has 6 heteroatoms. The second-order valence-electron chi connectivity index (χ2n) is 5.99. The van der Waals surface area contributed by atoms with Gasteiger partial charge in [-0.05, 0) is 19.3 Å². The summed E-state index contributed by atoms with van der Waals surface area (Å²) < 4.78 is 7.29. The van der Waals surface area contributed by atoms with Crippen LogP contribution in [-0.4, -0.2) is 38.8 Å². The molecule has 1 N–H and O–H groups in total. The molecule has 19 heavy (non-hydrogen) atoms. The number of ether oxygens (including phenoxy) is 1. The van der Waals surface area contributed by atoms with Gasteiger partial charge in [-0.1, -0.05) is 26.0 Å². The molecule has 0 radical (unpaired) electrons. The van der Waals surface area contributed by atoms with Gasteiger partial charge in [0, 0.05) is 18.6 Å². The zero-order chi connectivity index (χ0) is 14.0. The van der Waals surface area contributed by atoms with Crippen LogP contribution in [0.3, 0.4) is 0 Å². The van der Waals surface area contributed by atoms with Gasteiger partial charge in [-0.2, -0.15) is 0 Å². The van der Waals surface area contributed by atoms with Crippen molar-refractivity contribution >= 4 is 5.97 Å². The summed E-state index contributed by atoms with van der Waals surface area (Å²) in [6, 6.07) is 0. The monoisotopic (exact) mass is 267 g/mol. The highest BCUT2D eigenvalue weighted by Crippen LogP contribution is 2.25. The molecule has 2 rings (SSSR count). The van der Waals surface area contributed by atoms with Crippen molar-refractivity contribution in [1.29, 1.82) is 0 Å². The number of aromatic carboxylic acids is 1. The molecule has 1 aliphatic rings. The summed E-state index contributed by atoms with van der Waals surface area (Å²) in [5, 5.41) is 17.0. The van der Waals surface area contributed by atoms with Gasteiger partial charge in [-0.25, -0.2) is 9.48 Å². The molecule has 1 fully saturated rings. The lowest BCUT2D eigenvalue weighted by Crippen LogP contribution is -2.23. The Kier molecular flexibility index (Phi) is 3.89. The van der Waals surface area contributed by atoms with Gasteiger partial charge >= 0.3 is 5.97 Å². The Hall–Kier alpha value is -1.43. The molecule has 0 bridgehead atoms. The van der Waals surface area contributed by atoms with Gasteiger partial charge in [0.25, 0.3) is 0 Å². The van der Waals surface area contributed by atoms with Gasteiger partial charge in [0.1, 0.15) is 0 Å². The molecule has 1 saturated heterocycles. The first-order valence-corrected chi connectivity index (χ1v) is 6.68. The molecule has 0 spiro atoms. The fourth-order valence-electron chi connectivity index (χ4n) is 2.49. The average molecular weight is 267 g/mol. The minimum Gasteiger partial charge on any atom is -0.476 e. The van der Waals surface area contributed by atoms with E-state index < -0.39 is 5.97 Å². The van der Waals surface area contributed by atoms with E-state index in [0.717, 1.165) is 25.9 Å². The van der Waals surface area contributed by atoms with Crippen LogP contribution in [0.2, 0.25) is 0 Å². The average Bonchev–Trinajstić information content (AvgIpc) is 2.94. The van der Waals surface area contributed by atoms with Crippen molar-refractivity contribution in [2.45, 2.75) is 58.1 Å². The quantitative estimate of drug-likeness (QED) is 0.900. The summed E-state index contributed by atoms with van der Waals surface area (Å²) in [5.74, 6) is -1.02. The van der Waals surface area contributed by atoms with Crippen molar-refractivity contribution < 1.29 is 14.6 Å². The molecule has 0 amide bonds. The van der Waals surface area contributed by atoms with Gasteiger partial charge in [0.15, 0.2) is 5.69 Å². The normalized spacial score (nSPS) is 19.8. The van der Waals surface area contributed by atoms with Gasteiger partial charge in [-0.3, -0.25) is 0 Å². The lowest BCUT2D eigenvalue weighted by Gasteiger charge is -2.21. The lowest BCUT2D eigenvalue weighted by atomic mass is 9.90. The molecule has 106 valence electrons. The third-order valence-electron chi connectivity index (χ3n) is 3.33. The van der Waals surface area contributed by atoms with Crippen LogP contribution in [0.4, 0.5) is 0 Å². The van der Waals surface area contributed by atoms with Crippen LogP contribution in [0.25, 0.3) is 0 Å². The van der Waals surface area contributed by atoms with Crippen molar-refractivity contribution in [3.63, 3.8) is 0 Å². The first kappa shape index (κ1) is 14.0. The van der Waals surface area contributed by atoms with Crippen LogP contribution in [-0.2, 0) is 16.7 Å². The number of carbonyl (C=O) groups is 1. The largest absolute Gasteiger partial charge is 0.476 e. The molecule has 0 aromatic carbocycles. The molecule has 1 atom stereocenters. The van der Waals surface area contributed by atoms with E-state index in [-0.39, 0.29) is 17.2 Å². The van der Waals surface area contributed by atoms with E-state index in [2.05, 4.69) is 10.3 Å². The fourth-order valence-corrected chi connectivity index (χ4v) is 2.49. The van der Waals surface area contributed by atoms with Crippen molar-refractivity contribution in [3.05, 3.63) is 11.4 Å². The topological polar surface area (TPSA) is 77.2 Å². The van der Waals surface area contributed by atoms with Crippen molar-refractivity contribution in [2.75, 3.05) is 6.61 Å². The highest BCUT2D eigenvalue weighted by molar-refractivity contribution is 5.86. The Morgan fingerprint density at radius 3 is 2.79 bits per heavy atom. The van der Waals surface area contributed by atoms with E-state index in [1.54, 1.807) is 4.68 Å². The Morgan fingerprint density at radius 2 is 2.26 bits per heavy atom. The number of aromatic nitrogens is 3. The minimum atomic E-state index is -1.02. The van der Waals surface area contributed by atoms with E-state index in [1.807, 2.05) is 20.8 Å². The van der Waals surface area contributed by atoms with Gasteiger partial charge in [-0.15, -0.1) is 5.10 Å². The van der Waals surface area contributed by atoms with Crippen LogP contribution in [0, 0.1) is 0 Å². The predicted octanol–water partition coefficient (Wildman–Crippen LogP) is 1.84. The zero-order valence-electron chi connectivity index (χ0n) is 11.7. The first-order valence-electron chi connectivity index (χ1n) is 6.68. The minimum absolute atomic E-state index is 0.0554. The number of carboxylic acid groups (broad SMARTS) is 1. The molecule has 1 unspecified atom stereocenters. The van der Waals surface area contributed by atoms with E-state index in [0.29, 0.717) is 12.2 Å². The van der Waals surface area contributed by atoms with E-state index in [9.17, 15) is 9.90 Å². The van der Waals surface area contributed by atoms with Gasteiger partial charge < -0.3 is 9.84 Å². The van der Waals surface area contributed by atoms with E-state index in [4.69, 9.17) is 4.74 Å². The predicted molar refractivity (Wildman–Crippen MR) is 69.3 cm³/mol. The molecule has 1 aromatic rings. The molecule has 1 aromatic heterocycles. The maximum Gasteiger partial charge on any atom is 0.358 e. The summed E-state index contributed by atoms with van der Waals surface area (Å²) in [6.45, 7) is 7.40. The number of nitrogens with zero attached hydrogens (tertiary/aromatic N) is 3. The number of rotatable bonds is 4. The molecule has 1 aliphatic heterocycles. The number of aryl methyl sites for hydroxylation is 1. The standard InChI is InChI=1S/C13H21N3O3/c1-13(2,3)11-10(12(17)18)14-15-16(11)7-6-9-5-4-8-19-9/h9H,4-8H2,1-3H3,(H,17,18). The number of hydrogen-bond donors (Lipinski definition) is 1. The second-order valence-corrected chi connectivity index (χ2v) is 5.99. The third kappa shape index (κ3) is 3.12. The Labute approximate surface area is 112 Å². The van der Waals surface area contributed by atoms with Crippen LogP contribution >= 0.6 is 0 Å². The fraction of sp³-hybridized carbons (Fsp3) is 0.769. The lowest BCUT2D eigenvalue weighted by molar-refractivity contribution is 0.0687. The first-order chi connectivity index (χ1) is 8.89. The second kappa shape index (κ2) is 5.28. The number of hydrogen-bond acceptors (Lipinski definition) is 4. The third-order valence-corrected chi connectivity index (χ3v) is 3.33. The van der Waals surface area contributed by atoms with Crippen molar-refractivity contribution in [3.8, 4) is 0 Å². The maximum atomic E-state index is 11.2. The highest BCUT2D eigenvalue weighted by Gasteiger charge is 2.29. The van der Waals surface area contributed by atoms with Crippen LogP contribution in [0.15, 0.2) is 0 Å². The maximum absolute atomic E-state index is 11.2. The highest BCUT2D eigenvalue weighted by atomic mass is 16.5. The summed E-state index contributed by atoms with van der Waals surface area (Å²) in [7, 11) is 0. The van der Waals surface area contributed by atoms with Crippen LogP contribution in [0.5, 0.6) is 0 Å². The molecule has 6 nitrogen and oxygen atoms in total. The molecule has 0 saturated carbocycles. The molecular weight excluding hydrogens is 246 g/mol. The Morgan fingerprint density at radius 1 is 1.53 bits per heavy atom. The van der Waals surface area contributed by atoms with Crippen molar-refractivity contribution in [2.24, 2.45) is 0 Å². The van der Waals surface area contributed by atoms with Gasteiger partial charge in [0.05, 0.1) is 11.8 Å². The summed E-state index contributed by atoms with van der Waals surface area (Å²) in [6.07, 6.45) is 3.30. The summed E-state index contributed by atoms with van der Waals surface area (Å²) in [5.41, 5.74) is 0.436. The van der Waals surface area contributed by atoms with E-state index in [1.165, 1.54) is 0 Å². The molecule has 2 heterocycles. The van der Waals surface area contributed by atoms with Crippen LogP contribution < -0.4 is 0 Å². The van der Waals surface area contributed by atoms with E-state index >= 15 is 0 Å². The smallest absolute Gasteiger partial charge is 0.358 e. The zero-order valence-corrected chi connectivity index (χ0v) is 11.7. The SMILES string of the molecule is CC(C)(C)c1c(C(=O)O)nnn1CCC1CCCO1.